The Kier molecular flexibility index (Phi) is 6.85. The highest BCUT2D eigenvalue weighted by Gasteiger charge is 2.54. The molecular weight excluding hydrogens is 332 g/mol. The van der Waals surface area contributed by atoms with E-state index in [9.17, 15) is 0 Å². The molecule has 0 amide bonds. The monoisotopic (exact) mass is 376 g/mol. The number of ether oxygens (including phenoxy) is 2. The first-order valence-electron chi connectivity index (χ1n) is 12.3. The Morgan fingerprint density at radius 1 is 0.556 bits per heavy atom. The molecule has 27 heavy (non-hydrogen) atoms. The van der Waals surface area contributed by atoms with Gasteiger partial charge in [0, 0.05) is 19.6 Å². The second kappa shape index (κ2) is 9.16. The molecular formula is C25H44O2. The summed E-state index contributed by atoms with van der Waals surface area (Å²) in [6, 6.07) is 0. The van der Waals surface area contributed by atoms with E-state index in [1.54, 1.807) is 0 Å². The van der Waals surface area contributed by atoms with Crippen LogP contribution in [0.5, 0.6) is 0 Å². The molecule has 6 atom stereocenters. The van der Waals surface area contributed by atoms with Crippen molar-refractivity contribution in [3.05, 3.63) is 0 Å². The van der Waals surface area contributed by atoms with E-state index in [1.807, 2.05) is 14.2 Å². The molecule has 0 aromatic rings. The Morgan fingerprint density at radius 3 is 1.41 bits per heavy atom. The number of rotatable bonds is 6. The van der Waals surface area contributed by atoms with Gasteiger partial charge in [-0.2, -0.15) is 0 Å². The molecule has 0 bridgehead atoms. The fourth-order valence-corrected chi connectivity index (χ4v) is 8.59. The van der Waals surface area contributed by atoms with E-state index >= 15 is 0 Å². The third-order valence-corrected chi connectivity index (χ3v) is 9.45. The lowest BCUT2D eigenvalue weighted by Crippen LogP contribution is -2.55. The van der Waals surface area contributed by atoms with Crippen LogP contribution in [-0.2, 0) is 9.47 Å². The quantitative estimate of drug-likeness (QED) is 0.528. The Morgan fingerprint density at radius 2 is 0.963 bits per heavy atom. The van der Waals surface area contributed by atoms with Crippen LogP contribution in [0.15, 0.2) is 0 Å². The van der Waals surface area contributed by atoms with E-state index in [-0.39, 0.29) is 5.41 Å². The van der Waals surface area contributed by atoms with Crippen molar-refractivity contribution in [2.24, 2.45) is 40.9 Å². The van der Waals surface area contributed by atoms with Crippen LogP contribution in [0.4, 0.5) is 0 Å². The molecule has 0 aromatic heterocycles. The van der Waals surface area contributed by atoms with Crippen molar-refractivity contribution in [1.82, 2.24) is 0 Å². The fraction of sp³-hybridized carbons (Fsp3) is 1.00. The summed E-state index contributed by atoms with van der Waals surface area (Å²) in [6.07, 6.45) is 20.6. The maximum absolute atomic E-state index is 6.05. The van der Waals surface area contributed by atoms with Gasteiger partial charge in [-0.15, -0.1) is 0 Å². The molecule has 2 heteroatoms. The van der Waals surface area contributed by atoms with Crippen LogP contribution < -0.4 is 0 Å². The summed E-state index contributed by atoms with van der Waals surface area (Å²) in [7, 11) is 3.90. The lowest BCUT2D eigenvalue weighted by molar-refractivity contribution is -0.144. The molecule has 4 saturated carbocycles. The molecule has 0 aliphatic heterocycles. The van der Waals surface area contributed by atoms with Gasteiger partial charge in [-0.25, -0.2) is 0 Å². The summed E-state index contributed by atoms with van der Waals surface area (Å²) < 4.78 is 12.1. The molecule has 0 heterocycles. The summed E-state index contributed by atoms with van der Waals surface area (Å²) in [6.45, 7) is 1.87. The fourth-order valence-electron chi connectivity index (χ4n) is 8.59. The van der Waals surface area contributed by atoms with Crippen LogP contribution in [-0.4, -0.2) is 27.4 Å². The molecule has 4 fully saturated rings. The molecule has 0 saturated heterocycles. The molecule has 2 nitrogen and oxygen atoms in total. The minimum absolute atomic E-state index is 0.269. The molecule has 0 aromatic carbocycles. The average molecular weight is 377 g/mol. The van der Waals surface area contributed by atoms with Gasteiger partial charge in [0.25, 0.3) is 0 Å². The molecule has 0 N–H and O–H groups in total. The first kappa shape index (κ1) is 20.2. The Balaban J connectivity index is 1.67. The second-order valence-electron chi connectivity index (χ2n) is 10.6. The van der Waals surface area contributed by atoms with Crippen LogP contribution in [0.2, 0.25) is 0 Å². The number of fused-ring (bicyclic) bond motifs is 2. The van der Waals surface area contributed by atoms with Gasteiger partial charge >= 0.3 is 0 Å². The lowest BCUT2D eigenvalue weighted by Gasteiger charge is -2.57. The predicted molar refractivity (Wildman–Crippen MR) is 112 cm³/mol. The van der Waals surface area contributed by atoms with Gasteiger partial charge < -0.3 is 9.47 Å². The van der Waals surface area contributed by atoms with E-state index in [0.717, 1.165) is 48.7 Å². The molecule has 4 aliphatic carbocycles. The summed E-state index contributed by atoms with van der Waals surface area (Å²) in [5.41, 5.74) is 0.269. The number of hydrogen-bond donors (Lipinski definition) is 0. The van der Waals surface area contributed by atoms with Gasteiger partial charge in [0.1, 0.15) is 0 Å². The Hall–Kier alpha value is -0.0800. The zero-order valence-electron chi connectivity index (χ0n) is 18.1. The summed E-state index contributed by atoms with van der Waals surface area (Å²) in [4.78, 5) is 0. The largest absolute Gasteiger partial charge is 0.384 e. The van der Waals surface area contributed by atoms with Crippen molar-refractivity contribution >= 4 is 0 Å². The van der Waals surface area contributed by atoms with Gasteiger partial charge in [0.2, 0.25) is 0 Å². The van der Waals surface area contributed by atoms with Crippen molar-refractivity contribution in [1.29, 1.82) is 0 Å². The van der Waals surface area contributed by atoms with E-state index in [1.165, 1.54) is 89.9 Å². The number of methoxy groups -OCH3 is 2. The molecule has 6 unspecified atom stereocenters. The van der Waals surface area contributed by atoms with Crippen LogP contribution >= 0.6 is 0 Å². The zero-order valence-corrected chi connectivity index (χ0v) is 18.1. The van der Waals surface area contributed by atoms with Crippen LogP contribution in [0.1, 0.15) is 89.9 Å². The standard InChI is InChI=1S/C25H44O2/c1-26-17-25(18-27-2,23-15-7-11-19-9-3-5-13-21(19)23)24-16-8-12-20-10-4-6-14-22(20)24/h19-24H,3-18H2,1-2H3. The lowest BCUT2D eigenvalue weighted by atomic mass is 9.49. The predicted octanol–water partition coefficient (Wildman–Crippen LogP) is 6.48. The molecule has 156 valence electrons. The Labute approximate surface area is 168 Å². The highest BCUT2D eigenvalue weighted by Crippen LogP contribution is 2.59. The van der Waals surface area contributed by atoms with Crippen molar-refractivity contribution in [3.8, 4) is 0 Å². The minimum atomic E-state index is 0.269. The summed E-state index contributed by atoms with van der Waals surface area (Å²) in [5, 5.41) is 0. The highest BCUT2D eigenvalue weighted by molar-refractivity contribution is 5.03. The normalized spacial score (nSPS) is 40.2. The van der Waals surface area contributed by atoms with Crippen molar-refractivity contribution in [2.75, 3.05) is 27.4 Å². The van der Waals surface area contributed by atoms with E-state index in [2.05, 4.69) is 0 Å². The van der Waals surface area contributed by atoms with E-state index in [0.29, 0.717) is 0 Å². The SMILES string of the molecule is COCC(COC)(C1CCCC2CCCCC21)C1CCCC2CCCCC21. The van der Waals surface area contributed by atoms with E-state index < -0.39 is 0 Å². The van der Waals surface area contributed by atoms with E-state index in [4.69, 9.17) is 9.47 Å². The minimum Gasteiger partial charge on any atom is -0.384 e. The topological polar surface area (TPSA) is 18.5 Å². The third-order valence-electron chi connectivity index (χ3n) is 9.45. The van der Waals surface area contributed by atoms with Crippen molar-refractivity contribution in [2.45, 2.75) is 89.9 Å². The maximum atomic E-state index is 6.05. The van der Waals surface area contributed by atoms with Gasteiger partial charge in [-0.3, -0.25) is 0 Å². The van der Waals surface area contributed by atoms with Gasteiger partial charge in [-0.1, -0.05) is 64.2 Å². The van der Waals surface area contributed by atoms with Crippen LogP contribution in [0.25, 0.3) is 0 Å². The van der Waals surface area contributed by atoms with Crippen molar-refractivity contribution < 1.29 is 9.47 Å². The van der Waals surface area contributed by atoms with Crippen LogP contribution in [0.3, 0.4) is 0 Å². The molecule has 0 spiro atoms. The summed E-state index contributed by atoms with van der Waals surface area (Å²) in [5.74, 6) is 5.56. The van der Waals surface area contributed by atoms with Crippen LogP contribution in [0, 0.1) is 40.9 Å². The summed E-state index contributed by atoms with van der Waals surface area (Å²) >= 11 is 0. The first-order valence-corrected chi connectivity index (χ1v) is 12.3. The average Bonchev–Trinajstić information content (AvgIpc) is 2.73. The smallest absolute Gasteiger partial charge is 0.0546 e. The number of hydrogen-bond acceptors (Lipinski definition) is 2. The molecule has 4 aliphatic rings. The molecule has 0 radical (unpaired) electrons. The Bertz CT molecular complexity index is 415. The van der Waals surface area contributed by atoms with Gasteiger partial charge in [-0.05, 0) is 61.2 Å². The second-order valence-corrected chi connectivity index (χ2v) is 10.6. The van der Waals surface area contributed by atoms with Gasteiger partial charge in [0.15, 0.2) is 0 Å². The first-order chi connectivity index (χ1) is 13.3. The molecule has 4 rings (SSSR count). The zero-order chi connectivity index (χ0) is 18.7. The maximum Gasteiger partial charge on any atom is 0.0546 e. The van der Waals surface area contributed by atoms with Gasteiger partial charge in [0.05, 0.1) is 13.2 Å². The highest BCUT2D eigenvalue weighted by atomic mass is 16.5. The van der Waals surface area contributed by atoms with Crippen molar-refractivity contribution in [3.63, 3.8) is 0 Å². The third kappa shape index (κ3) is 3.87.